The molecule has 1 aromatic rings. The Bertz CT molecular complexity index is 244. The number of hydrogen-bond donors (Lipinski definition) is 0. The van der Waals surface area contributed by atoms with E-state index in [1.807, 2.05) is 18.2 Å². The van der Waals surface area contributed by atoms with Crippen molar-refractivity contribution in [2.45, 2.75) is 0 Å². The van der Waals surface area contributed by atoms with E-state index in [2.05, 4.69) is 16.4 Å². The first-order chi connectivity index (χ1) is 5.29. The van der Waals surface area contributed by atoms with Crippen LogP contribution in [0.1, 0.15) is 0 Å². The number of benzene rings is 1. The molecule has 0 heterocycles. The Kier molecular flexibility index (Phi) is 4.82. The van der Waals surface area contributed by atoms with E-state index in [9.17, 15) is 0 Å². The van der Waals surface area contributed by atoms with Gasteiger partial charge in [0, 0.05) is 0 Å². The Labute approximate surface area is 81.3 Å². The van der Waals surface area contributed by atoms with E-state index < -0.39 is 13.8 Å². The van der Waals surface area contributed by atoms with Crippen molar-refractivity contribution in [1.29, 1.82) is 0 Å². The fraction of sp³-hybridized carbons (Fsp3) is 0. The first kappa shape index (κ1) is 9.82. The third kappa shape index (κ3) is 4.34. The van der Waals surface area contributed by atoms with Gasteiger partial charge in [0.1, 0.15) is 0 Å². The van der Waals surface area contributed by atoms with Crippen molar-refractivity contribution in [1.82, 2.24) is 0 Å². The molecule has 0 amide bonds. The number of rotatable bonds is 2. The summed E-state index contributed by atoms with van der Waals surface area (Å²) in [6.07, 6.45) is 0. The molecule has 11 heavy (non-hydrogen) atoms. The quantitative estimate of drug-likeness (QED) is 0.689. The van der Waals surface area contributed by atoms with E-state index >= 15 is 0 Å². The molecule has 1 atom stereocenters. The van der Waals surface area contributed by atoms with Gasteiger partial charge >= 0.3 is 81.6 Å². The predicted octanol–water partition coefficient (Wildman–Crippen LogP) is 2.68. The van der Waals surface area contributed by atoms with E-state index in [0.29, 0.717) is 8.58 Å². The second-order valence-corrected chi connectivity index (χ2v) is 12.4. The first-order valence-corrected chi connectivity index (χ1v) is 11.8. The second kappa shape index (κ2) is 5.39. The number of halogens is 2. The normalized spacial score (nSPS) is 12.0. The zero-order chi connectivity index (χ0) is 8.10. The molecule has 1 rings (SSSR count). The summed E-state index contributed by atoms with van der Waals surface area (Å²) >= 11 is -1.82. The van der Waals surface area contributed by atoms with Crippen LogP contribution >= 0.6 is 27.9 Å². The minimum absolute atomic E-state index is 0.674. The summed E-state index contributed by atoms with van der Waals surface area (Å²) in [4.78, 5) is 0. The van der Waals surface area contributed by atoms with Gasteiger partial charge in [-0.25, -0.2) is 0 Å². The monoisotopic (exact) mass is 384 g/mol. The van der Waals surface area contributed by atoms with Crippen LogP contribution in [0, 0.1) is 0 Å². The zero-order valence-corrected chi connectivity index (χ0v) is 10.6. The maximum absolute atomic E-state index is 5.72. The second-order valence-electron chi connectivity index (χ2n) is 1.82. The molecule has 0 aliphatic carbocycles. The van der Waals surface area contributed by atoms with Crippen molar-refractivity contribution < 1.29 is 13.8 Å². The molecule has 0 bridgehead atoms. The molecule has 0 aromatic heterocycles. The summed E-state index contributed by atoms with van der Waals surface area (Å²) in [5.74, 6) is 0. The van der Waals surface area contributed by atoms with Gasteiger partial charge in [0.25, 0.3) is 0 Å². The predicted molar refractivity (Wildman–Crippen MR) is 52.2 cm³/mol. The summed E-state index contributed by atoms with van der Waals surface area (Å²) in [5.41, 5.74) is 0. The van der Waals surface area contributed by atoms with Crippen LogP contribution in [-0.4, -0.2) is 4.31 Å². The van der Waals surface area contributed by atoms with Crippen LogP contribution in [0.4, 0.5) is 0 Å². The van der Waals surface area contributed by atoms with Gasteiger partial charge in [-0.1, -0.05) is 0 Å². The van der Waals surface area contributed by atoms with Crippen LogP contribution in [0.3, 0.4) is 0 Å². The van der Waals surface area contributed by atoms with Gasteiger partial charge in [0.05, 0.1) is 0 Å². The minimum atomic E-state index is -1.82. The maximum atomic E-state index is 5.72. The van der Waals surface area contributed by atoms with Gasteiger partial charge in [-0.3, -0.25) is 0 Å². The molecule has 1 unspecified atom stereocenters. The fourth-order valence-corrected chi connectivity index (χ4v) is 5.21. The summed E-state index contributed by atoms with van der Waals surface area (Å²) in [6, 6.07) is 10.2. The summed E-state index contributed by atoms with van der Waals surface area (Å²) < 4.78 is 2.06. The van der Waals surface area contributed by atoms with E-state index in [4.69, 9.17) is 19.3 Å². The van der Waals surface area contributed by atoms with Gasteiger partial charge in [-0.2, -0.15) is 0 Å². The van der Waals surface area contributed by atoms with Crippen LogP contribution in [0.5, 0.6) is 0 Å². The molecule has 0 saturated heterocycles. The third-order valence-electron chi connectivity index (χ3n) is 1.07. The van der Waals surface area contributed by atoms with Crippen LogP contribution in [0.25, 0.3) is 0 Å². The van der Waals surface area contributed by atoms with Crippen LogP contribution in [-0.2, 0) is 13.8 Å². The van der Waals surface area contributed by atoms with Crippen molar-refractivity contribution in [2.75, 3.05) is 0 Å². The van der Waals surface area contributed by atoms with Gasteiger partial charge in [-0.05, 0) is 0 Å². The van der Waals surface area contributed by atoms with Crippen molar-refractivity contribution in [3.05, 3.63) is 30.3 Å². The molecule has 0 fully saturated rings. The van der Waals surface area contributed by atoms with Crippen LogP contribution in [0.15, 0.2) is 30.3 Å². The summed E-state index contributed by atoms with van der Waals surface area (Å²) in [7, 11) is 12.1. The standard InChI is InChI=1S/C7H7P.2ClH.Os/c1-8-7-5-3-2-4-6-7;;;/h1-6,8H;2*1H;/q;;;+2/p-2. The average molecular weight is 383 g/mol. The van der Waals surface area contributed by atoms with Gasteiger partial charge in [-0.15, -0.1) is 0 Å². The van der Waals surface area contributed by atoms with E-state index in [0.717, 1.165) is 0 Å². The van der Waals surface area contributed by atoms with Crippen molar-refractivity contribution in [2.24, 2.45) is 0 Å². The Morgan fingerprint density at radius 2 is 1.82 bits per heavy atom. The molecule has 62 valence electrons. The topological polar surface area (TPSA) is 0 Å². The summed E-state index contributed by atoms with van der Waals surface area (Å²) in [5, 5.41) is 1.31. The Morgan fingerprint density at radius 1 is 1.18 bits per heavy atom. The van der Waals surface area contributed by atoms with Crippen molar-refractivity contribution in [3.8, 4) is 0 Å². The van der Waals surface area contributed by atoms with Crippen molar-refractivity contribution in [3.63, 3.8) is 0 Å². The SMILES string of the molecule is [Cl][Os]([Cl])=[CH]Pc1ccccc1. The molecule has 0 saturated carbocycles. The van der Waals surface area contributed by atoms with E-state index in [1.54, 1.807) is 0 Å². The molecule has 0 nitrogen and oxygen atoms in total. The molecule has 0 radical (unpaired) electrons. The first-order valence-electron chi connectivity index (χ1n) is 2.92. The van der Waals surface area contributed by atoms with Gasteiger partial charge in [0.2, 0.25) is 0 Å². The Hall–Kier alpha value is 0.736. The molecule has 0 aliphatic heterocycles. The molecule has 0 N–H and O–H groups in total. The summed E-state index contributed by atoms with van der Waals surface area (Å²) in [6.45, 7) is 0. The third-order valence-corrected chi connectivity index (χ3v) is 8.54. The number of hydrogen-bond acceptors (Lipinski definition) is 0. The van der Waals surface area contributed by atoms with Crippen LogP contribution in [0.2, 0.25) is 0 Å². The van der Waals surface area contributed by atoms with Gasteiger partial charge < -0.3 is 0 Å². The molecular formula is C7H7Cl2OsP. The van der Waals surface area contributed by atoms with Gasteiger partial charge in [0.15, 0.2) is 0 Å². The molecule has 0 spiro atoms. The van der Waals surface area contributed by atoms with Crippen molar-refractivity contribution >= 4 is 37.5 Å². The molecule has 4 heteroatoms. The zero-order valence-electron chi connectivity index (χ0n) is 5.57. The van der Waals surface area contributed by atoms with Crippen LogP contribution < -0.4 is 5.30 Å². The molecule has 1 aromatic carbocycles. The van der Waals surface area contributed by atoms with E-state index in [1.165, 1.54) is 5.30 Å². The Morgan fingerprint density at radius 3 is 2.36 bits per heavy atom. The molecular weight excluding hydrogens is 376 g/mol. The Balaban J connectivity index is 2.59. The molecule has 0 aliphatic rings. The fourth-order valence-electron chi connectivity index (χ4n) is 0.632. The van der Waals surface area contributed by atoms with E-state index in [-0.39, 0.29) is 0 Å². The average Bonchev–Trinajstić information content (AvgIpc) is 2.03.